The van der Waals surface area contributed by atoms with Crippen molar-refractivity contribution in [2.45, 2.75) is 5.03 Å². The highest BCUT2D eigenvalue weighted by molar-refractivity contribution is 7.92. The molecule has 0 fully saturated rings. The van der Waals surface area contributed by atoms with E-state index in [1.165, 1.54) is 25.4 Å². The van der Waals surface area contributed by atoms with Gasteiger partial charge >= 0.3 is 0 Å². The van der Waals surface area contributed by atoms with E-state index in [-0.39, 0.29) is 25.7 Å². The minimum atomic E-state index is -3.92. The average Bonchev–Trinajstić information content (AvgIpc) is 2.71. The number of thiocarbonyl (C=S) groups is 1. The zero-order chi connectivity index (χ0) is 15.8. The second-order valence-electron chi connectivity index (χ2n) is 4.09. The lowest BCUT2D eigenvalue weighted by Gasteiger charge is -2.11. The Kier molecular flexibility index (Phi) is 4.43. The van der Waals surface area contributed by atoms with Crippen LogP contribution in [0.25, 0.3) is 0 Å². The number of rotatable bonds is 4. The van der Waals surface area contributed by atoms with E-state index in [0.29, 0.717) is 5.56 Å². The molecule has 0 aliphatic heterocycles. The van der Waals surface area contributed by atoms with E-state index in [9.17, 15) is 8.42 Å². The topological polar surface area (TPSA) is 90.0 Å². The van der Waals surface area contributed by atoms with Crippen molar-refractivity contribution in [3.05, 3.63) is 40.0 Å². The number of hydrogen-bond acceptors (Lipinski definition) is 4. The Morgan fingerprint density at radius 1 is 1.38 bits per heavy atom. The quantitative estimate of drug-likeness (QED) is 0.811. The highest BCUT2D eigenvalue weighted by atomic mass is 35.5. The van der Waals surface area contributed by atoms with Gasteiger partial charge in [0.05, 0.1) is 21.9 Å². The Balaban J connectivity index is 2.40. The SMILES string of the molecule is Cn1ncc(Cl)c1S(=O)(=O)Nc1ccc(C(N)=S)cc1Cl. The second kappa shape index (κ2) is 5.80. The molecule has 0 saturated carbocycles. The maximum absolute atomic E-state index is 12.3. The summed E-state index contributed by atoms with van der Waals surface area (Å²) < 4.78 is 28.1. The number of nitrogens with one attached hydrogen (secondary N) is 1. The largest absolute Gasteiger partial charge is 0.389 e. The van der Waals surface area contributed by atoms with Gasteiger partial charge in [-0.25, -0.2) is 0 Å². The van der Waals surface area contributed by atoms with Crippen LogP contribution < -0.4 is 10.5 Å². The first-order chi connectivity index (χ1) is 9.72. The third-order valence-corrected chi connectivity index (χ3v) is 5.01. The summed E-state index contributed by atoms with van der Waals surface area (Å²) >= 11 is 16.7. The number of hydrogen-bond donors (Lipinski definition) is 2. The van der Waals surface area contributed by atoms with E-state index >= 15 is 0 Å². The Bertz CT molecular complexity index is 798. The van der Waals surface area contributed by atoms with Gasteiger partial charge in [-0.1, -0.05) is 35.4 Å². The Morgan fingerprint density at radius 2 is 2.05 bits per heavy atom. The summed E-state index contributed by atoms with van der Waals surface area (Å²) in [5.41, 5.74) is 6.21. The molecule has 0 amide bonds. The fourth-order valence-corrected chi connectivity index (χ4v) is 3.80. The van der Waals surface area contributed by atoms with Gasteiger partial charge in [0.15, 0.2) is 5.03 Å². The van der Waals surface area contributed by atoms with Crippen LogP contribution in [0.1, 0.15) is 5.56 Å². The second-order valence-corrected chi connectivity index (χ2v) is 6.94. The highest BCUT2D eigenvalue weighted by Crippen LogP contribution is 2.28. The molecule has 0 bridgehead atoms. The lowest BCUT2D eigenvalue weighted by molar-refractivity contribution is 0.582. The zero-order valence-corrected chi connectivity index (χ0v) is 13.8. The molecule has 0 atom stereocenters. The van der Waals surface area contributed by atoms with Crippen molar-refractivity contribution in [3.8, 4) is 0 Å². The summed E-state index contributed by atoms with van der Waals surface area (Å²) in [5, 5.41) is 3.81. The van der Waals surface area contributed by atoms with E-state index in [1.54, 1.807) is 6.07 Å². The summed E-state index contributed by atoms with van der Waals surface area (Å²) in [6.07, 6.45) is 1.24. The molecule has 1 aromatic heterocycles. The van der Waals surface area contributed by atoms with Crippen LogP contribution in [0.15, 0.2) is 29.4 Å². The van der Waals surface area contributed by atoms with Crippen molar-refractivity contribution in [1.29, 1.82) is 0 Å². The molecule has 0 spiro atoms. The van der Waals surface area contributed by atoms with Crippen LogP contribution in [-0.2, 0) is 17.1 Å². The molecule has 0 aliphatic rings. The van der Waals surface area contributed by atoms with Crippen molar-refractivity contribution >= 4 is 56.1 Å². The molecule has 0 radical (unpaired) electrons. The monoisotopic (exact) mass is 364 g/mol. The van der Waals surface area contributed by atoms with Crippen molar-refractivity contribution in [2.24, 2.45) is 12.8 Å². The number of sulfonamides is 1. The van der Waals surface area contributed by atoms with Gasteiger partial charge in [0.2, 0.25) is 0 Å². The smallest absolute Gasteiger partial charge is 0.280 e. The Labute approximate surface area is 136 Å². The number of benzene rings is 1. The Hall–Kier alpha value is -1.35. The van der Waals surface area contributed by atoms with Gasteiger partial charge in [0, 0.05) is 12.6 Å². The van der Waals surface area contributed by atoms with Crippen molar-refractivity contribution in [1.82, 2.24) is 9.78 Å². The molecule has 3 N–H and O–H groups in total. The van der Waals surface area contributed by atoms with E-state index < -0.39 is 10.0 Å². The van der Waals surface area contributed by atoms with Crippen LogP contribution in [0.5, 0.6) is 0 Å². The minimum Gasteiger partial charge on any atom is -0.389 e. The first kappa shape index (κ1) is 16.0. The number of nitrogens with two attached hydrogens (primary N) is 1. The van der Waals surface area contributed by atoms with Crippen LogP contribution >= 0.6 is 35.4 Å². The zero-order valence-electron chi connectivity index (χ0n) is 10.7. The van der Waals surface area contributed by atoms with Gasteiger partial charge in [-0.2, -0.15) is 13.5 Å². The summed E-state index contributed by atoms with van der Waals surface area (Å²) in [7, 11) is -2.45. The number of aryl methyl sites for hydroxylation is 1. The molecule has 2 aromatic rings. The third-order valence-electron chi connectivity index (χ3n) is 2.59. The van der Waals surface area contributed by atoms with Gasteiger partial charge in [-0.05, 0) is 18.2 Å². The first-order valence-electron chi connectivity index (χ1n) is 5.52. The lowest BCUT2D eigenvalue weighted by atomic mass is 10.2. The molecule has 0 unspecified atom stereocenters. The molecule has 6 nitrogen and oxygen atoms in total. The molecule has 1 aromatic carbocycles. The van der Waals surface area contributed by atoms with E-state index in [2.05, 4.69) is 9.82 Å². The molecule has 0 saturated heterocycles. The minimum absolute atomic E-state index is 0.0147. The highest BCUT2D eigenvalue weighted by Gasteiger charge is 2.23. The maximum Gasteiger partial charge on any atom is 0.280 e. The predicted octanol–water partition coefficient (Wildman–Crippen LogP) is 2.16. The lowest BCUT2D eigenvalue weighted by Crippen LogP contribution is -2.17. The molecule has 1 heterocycles. The van der Waals surface area contributed by atoms with Gasteiger partial charge in [-0.15, -0.1) is 0 Å². The van der Waals surface area contributed by atoms with E-state index in [1.807, 2.05) is 0 Å². The van der Waals surface area contributed by atoms with Crippen molar-refractivity contribution < 1.29 is 8.42 Å². The van der Waals surface area contributed by atoms with Crippen LogP contribution in [0.3, 0.4) is 0 Å². The van der Waals surface area contributed by atoms with Crippen LogP contribution in [0, 0.1) is 0 Å². The standard InChI is InChI=1S/C11H10Cl2N4O2S2/c1-17-11(8(13)5-15-17)21(18,19)16-9-3-2-6(10(14)20)4-7(9)12/h2-5,16H,1H3,(H2,14,20). The van der Waals surface area contributed by atoms with Gasteiger partial charge < -0.3 is 5.73 Å². The molecule has 112 valence electrons. The molecule has 2 rings (SSSR count). The normalized spacial score (nSPS) is 11.4. The summed E-state index contributed by atoms with van der Waals surface area (Å²) in [6, 6.07) is 4.52. The summed E-state index contributed by atoms with van der Waals surface area (Å²) in [5.74, 6) is 0. The third kappa shape index (κ3) is 3.29. The van der Waals surface area contributed by atoms with Gasteiger partial charge in [0.25, 0.3) is 10.0 Å². The first-order valence-corrected chi connectivity index (χ1v) is 8.17. The fraction of sp³-hybridized carbons (Fsp3) is 0.0909. The average molecular weight is 365 g/mol. The molecule has 0 aliphatic carbocycles. The fourth-order valence-electron chi connectivity index (χ4n) is 1.65. The van der Waals surface area contributed by atoms with E-state index in [0.717, 1.165) is 4.68 Å². The van der Waals surface area contributed by atoms with Crippen molar-refractivity contribution in [3.63, 3.8) is 0 Å². The molecule has 21 heavy (non-hydrogen) atoms. The predicted molar refractivity (Wildman–Crippen MR) is 86.4 cm³/mol. The molecular formula is C11H10Cl2N4O2S2. The molecule has 10 heteroatoms. The number of aromatic nitrogens is 2. The number of anilines is 1. The summed E-state index contributed by atoms with van der Waals surface area (Å²) in [6.45, 7) is 0. The number of halogens is 2. The van der Waals surface area contributed by atoms with Crippen molar-refractivity contribution in [2.75, 3.05) is 4.72 Å². The van der Waals surface area contributed by atoms with Gasteiger partial charge in [-0.3, -0.25) is 9.40 Å². The van der Waals surface area contributed by atoms with Crippen LogP contribution in [-0.4, -0.2) is 23.2 Å². The maximum atomic E-state index is 12.3. The van der Waals surface area contributed by atoms with Gasteiger partial charge in [0.1, 0.15) is 4.99 Å². The number of nitrogens with zero attached hydrogens (tertiary/aromatic N) is 2. The Morgan fingerprint density at radius 3 is 2.52 bits per heavy atom. The van der Waals surface area contributed by atoms with E-state index in [4.69, 9.17) is 41.2 Å². The molecular weight excluding hydrogens is 355 g/mol. The van der Waals surface area contributed by atoms with Crippen LogP contribution in [0.2, 0.25) is 10.0 Å². The summed E-state index contributed by atoms with van der Waals surface area (Å²) in [4.78, 5) is 0.168. The van der Waals surface area contributed by atoms with Crippen LogP contribution in [0.4, 0.5) is 5.69 Å².